The maximum absolute atomic E-state index is 13.5. The van der Waals surface area contributed by atoms with E-state index in [9.17, 15) is 4.39 Å². The van der Waals surface area contributed by atoms with E-state index in [2.05, 4.69) is 9.97 Å². The Morgan fingerprint density at radius 1 is 0.947 bits per heavy atom. The third-order valence-corrected chi connectivity index (χ3v) is 2.83. The monoisotopic (exact) mass is 254 g/mol. The maximum Gasteiger partial charge on any atom is 0.224 e. The molecule has 0 spiro atoms. The molecule has 0 fully saturated rings. The molecule has 0 N–H and O–H groups in total. The van der Waals surface area contributed by atoms with Crippen LogP contribution in [0.2, 0.25) is 0 Å². The molecule has 1 heterocycles. The molecule has 2 aromatic carbocycles. The minimum Gasteiger partial charge on any atom is -0.472 e. The molecule has 0 unspecified atom stereocenters. The van der Waals surface area contributed by atoms with Crippen molar-refractivity contribution in [3.8, 4) is 5.88 Å². The molecule has 0 radical (unpaired) electrons. The zero-order chi connectivity index (χ0) is 13.1. The number of fused-ring (bicyclic) bond motifs is 1. The van der Waals surface area contributed by atoms with Gasteiger partial charge < -0.3 is 4.74 Å². The van der Waals surface area contributed by atoms with Crippen molar-refractivity contribution in [2.45, 2.75) is 6.61 Å². The third kappa shape index (κ3) is 2.38. The van der Waals surface area contributed by atoms with E-state index in [4.69, 9.17) is 4.74 Å². The van der Waals surface area contributed by atoms with E-state index in [1.807, 2.05) is 24.3 Å². The Kier molecular flexibility index (Phi) is 3.06. The predicted octanol–water partition coefficient (Wildman–Crippen LogP) is 3.35. The van der Waals surface area contributed by atoms with Gasteiger partial charge in [0.15, 0.2) is 0 Å². The van der Waals surface area contributed by atoms with Gasteiger partial charge in [-0.15, -0.1) is 0 Å². The summed E-state index contributed by atoms with van der Waals surface area (Å²) in [5, 5.41) is 0.821. The Balaban J connectivity index is 1.88. The molecule has 0 aliphatic carbocycles. The summed E-state index contributed by atoms with van der Waals surface area (Å²) in [6.07, 6.45) is 1.44. The fourth-order valence-corrected chi connectivity index (χ4v) is 1.86. The highest BCUT2D eigenvalue weighted by molar-refractivity contribution is 5.82. The maximum atomic E-state index is 13.5. The first-order valence-electron chi connectivity index (χ1n) is 5.90. The van der Waals surface area contributed by atoms with Gasteiger partial charge in [-0.25, -0.2) is 14.4 Å². The Bertz CT molecular complexity index is 710. The third-order valence-electron chi connectivity index (χ3n) is 2.83. The van der Waals surface area contributed by atoms with Crippen LogP contribution in [0.25, 0.3) is 10.9 Å². The van der Waals surface area contributed by atoms with Gasteiger partial charge in [-0.1, -0.05) is 30.3 Å². The highest BCUT2D eigenvalue weighted by Gasteiger charge is 2.06. The summed E-state index contributed by atoms with van der Waals surface area (Å²) in [6, 6.07) is 14.1. The van der Waals surface area contributed by atoms with Crippen LogP contribution in [-0.4, -0.2) is 9.97 Å². The molecule has 3 aromatic rings. The highest BCUT2D eigenvalue weighted by atomic mass is 19.1. The second-order valence-corrected chi connectivity index (χ2v) is 4.08. The Morgan fingerprint density at radius 2 is 1.74 bits per heavy atom. The number of rotatable bonds is 3. The Labute approximate surface area is 109 Å². The molecular weight excluding hydrogens is 243 g/mol. The second-order valence-electron chi connectivity index (χ2n) is 4.08. The van der Waals surface area contributed by atoms with E-state index in [0.717, 1.165) is 10.9 Å². The predicted molar refractivity (Wildman–Crippen MR) is 70.3 cm³/mol. The zero-order valence-electron chi connectivity index (χ0n) is 10.1. The van der Waals surface area contributed by atoms with Crippen molar-refractivity contribution in [2.75, 3.05) is 0 Å². The van der Waals surface area contributed by atoms with E-state index < -0.39 is 0 Å². The van der Waals surface area contributed by atoms with Gasteiger partial charge in [-0.3, -0.25) is 0 Å². The fraction of sp³-hybridized carbons (Fsp3) is 0.0667. The van der Waals surface area contributed by atoms with Gasteiger partial charge in [-0.2, -0.15) is 0 Å². The molecular formula is C15H11FN2O. The average molecular weight is 254 g/mol. The van der Waals surface area contributed by atoms with E-state index in [1.165, 1.54) is 12.4 Å². The lowest BCUT2D eigenvalue weighted by atomic mass is 10.2. The minimum absolute atomic E-state index is 0.147. The van der Waals surface area contributed by atoms with Crippen molar-refractivity contribution >= 4 is 10.9 Å². The van der Waals surface area contributed by atoms with Gasteiger partial charge in [-0.05, 0) is 18.2 Å². The quantitative estimate of drug-likeness (QED) is 0.719. The van der Waals surface area contributed by atoms with Gasteiger partial charge in [0.2, 0.25) is 5.88 Å². The van der Waals surface area contributed by atoms with Crippen molar-refractivity contribution < 1.29 is 9.13 Å². The van der Waals surface area contributed by atoms with Crippen LogP contribution < -0.4 is 4.74 Å². The van der Waals surface area contributed by atoms with Crippen LogP contribution in [0, 0.1) is 5.82 Å². The summed E-state index contributed by atoms with van der Waals surface area (Å²) in [5.74, 6) is 0.190. The number of benzene rings is 2. The van der Waals surface area contributed by atoms with Gasteiger partial charge in [0.05, 0.1) is 10.9 Å². The Hall–Kier alpha value is -2.49. The molecule has 0 bridgehead atoms. The standard InChI is InChI=1S/C15H11FN2O/c16-13-7-3-1-5-11(13)9-19-15-12-6-2-4-8-14(12)17-10-18-15/h1-8,10H,9H2. The Morgan fingerprint density at radius 3 is 2.63 bits per heavy atom. The number of nitrogens with zero attached hydrogens (tertiary/aromatic N) is 2. The number of para-hydroxylation sites is 1. The zero-order valence-corrected chi connectivity index (χ0v) is 10.1. The first-order chi connectivity index (χ1) is 9.34. The van der Waals surface area contributed by atoms with Crippen LogP contribution in [0.5, 0.6) is 5.88 Å². The smallest absolute Gasteiger partial charge is 0.224 e. The van der Waals surface area contributed by atoms with Crippen molar-refractivity contribution in [2.24, 2.45) is 0 Å². The van der Waals surface area contributed by atoms with Crippen molar-refractivity contribution in [3.63, 3.8) is 0 Å². The summed E-state index contributed by atoms with van der Waals surface area (Å²) < 4.78 is 19.1. The van der Waals surface area contributed by atoms with E-state index in [0.29, 0.717) is 11.4 Å². The van der Waals surface area contributed by atoms with Crippen LogP contribution >= 0.6 is 0 Å². The van der Waals surface area contributed by atoms with Gasteiger partial charge in [0, 0.05) is 5.56 Å². The lowest BCUT2D eigenvalue weighted by Gasteiger charge is -2.08. The van der Waals surface area contributed by atoms with Crippen LogP contribution in [0.3, 0.4) is 0 Å². The van der Waals surface area contributed by atoms with Crippen LogP contribution in [0.15, 0.2) is 54.9 Å². The summed E-state index contributed by atoms with van der Waals surface area (Å²) in [4.78, 5) is 8.25. The molecule has 4 heteroatoms. The molecule has 0 saturated carbocycles. The first kappa shape index (κ1) is 11.6. The molecule has 0 amide bonds. The second kappa shape index (κ2) is 5.02. The number of ether oxygens (including phenoxy) is 1. The van der Waals surface area contributed by atoms with Crippen LogP contribution in [-0.2, 0) is 6.61 Å². The number of halogens is 1. The van der Waals surface area contributed by atoms with Gasteiger partial charge in [0.25, 0.3) is 0 Å². The molecule has 0 aliphatic heterocycles. The van der Waals surface area contributed by atoms with Crippen molar-refractivity contribution in [3.05, 3.63) is 66.2 Å². The lowest BCUT2D eigenvalue weighted by Crippen LogP contribution is -2.00. The average Bonchev–Trinajstić information content (AvgIpc) is 2.46. The van der Waals surface area contributed by atoms with Gasteiger partial charge in [0.1, 0.15) is 18.8 Å². The fourth-order valence-electron chi connectivity index (χ4n) is 1.86. The molecule has 94 valence electrons. The minimum atomic E-state index is -0.277. The normalized spacial score (nSPS) is 10.6. The molecule has 0 aliphatic rings. The number of hydrogen-bond acceptors (Lipinski definition) is 3. The lowest BCUT2D eigenvalue weighted by molar-refractivity contribution is 0.291. The van der Waals surface area contributed by atoms with Crippen molar-refractivity contribution in [1.82, 2.24) is 9.97 Å². The molecule has 0 atom stereocenters. The summed E-state index contributed by atoms with van der Waals surface area (Å²) >= 11 is 0. The summed E-state index contributed by atoms with van der Waals surface area (Å²) in [7, 11) is 0. The number of aromatic nitrogens is 2. The largest absolute Gasteiger partial charge is 0.472 e. The summed E-state index contributed by atoms with van der Waals surface area (Å²) in [6.45, 7) is 0.147. The molecule has 1 aromatic heterocycles. The highest BCUT2D eigenvalue weighted by Crippen LogP contribution is 2.21. The van der Waals surface area contributed by atoms with Crippen LogP contribution in [0.4, 0.5) is 4.39 Å². The number of hydrogen-bond donors (Lipinski definition) is 0. The summed E-state index contributed by atoms with van der Waals surface area (Å²) in [5.41, 5.74) is 1.31. The topological polar surface area (TPSA) is 35.0 Å². The van der Waals surface area contributed by atoms with E-state index >= 15 is 0 Å². The van der Waals surface area contributed by atoms with E-state index in [1.54, 1.807) is 18.2 Å². The van der Waals surface area contributed by atoms with Gasteiger partial charge >= 0.3 is 0 Å². The molecule has 19 heavy (non-hydrogen) atoms. The molecule has 3 nitrogen and oxygen atoms in total. The SMILES string of the molecule is Fc1ccccc1COc1ncnc2ccccc12. The molecule has 0 saturated heterocycles. The van der Waals surface area contributed by atoms with Crippen LogP contribution in [0.1, 0.15) is 5.56 Å². The van der Waals surface area contributed by atoms with Crippen molar-refractivity contribution in [1.29, 1.82) is 0 Å². The molecule has 3 rings (SSSR count). The van der Waals surface area contributed by atoms with E-state index in [-0.39, 0.29) is 12.4 Å². The first-order valence-corrected chi connectivity index (χ1v) is 5.90.